The molecule has 0 atom stereocenters. The van der Waals surface area contributed by atoms with Crippen molar-refractivity contribution in [2.75, 3.05) is 13.2 Å². The van der Waals surface area contributed by atoms with Gasteiger partial charge in [0.2, 0.25) is 5.78 Å². The van der Waals surface area contributed by atoms with Crippen molar-refractivity contribution in [1.29, 1.82) is 0 Å². The predicted molar refractivity (Wildman–Crippen MR) is 65.8 cm³/mol. The fraction of sp³-hybridized carbons (Fsp3) is 0.692. The monoisotopic (exact) mass is 223 g/mol. The third-order valence-electron chi connectivity index (χ3n) is 2.63. The second-order valence-corrected chi connectivity index (χ2v) is 4.17. The lowest BCUT2D eigenvalue weighted by Crippen LogP contribution is -2.13. The number of carbonyl (C=O) groups excluding carboxylic acids is 1. The molecule has 0 fully saturated rings. The van der Waals surface area contributed by atoms with Gasteiger partial charge in [-0.1, -0.05) is 31.4 Å². The molecule has 0 unspecified atom stereocenters. The zero-order chi connectivity index (χ0) is 11.8. The second kappa shape index (κ2) is 7.20. The highest BCUT2D eigenvalue weighted by atomic mass is 16.5. The van der Waals surface area contributed by atoms with Gasteiger partial charge in [-0.25, -0.2) is 4.99 Å². The second-order valence-electron chi connectivity index (χ2n) is 4.17. The van der Waals surface area contributed by atoms with Crippen molar-refractivity contribution < 1.29 is 9.53 Å². The summed E-state index contributed by atoms with van der Waals surface area (Å²) in [6, 6.07) is 0. The average molecular weight is 223 g/mol. The van der Waals surface area contributed by atoms with Gasteiger partial charge in [0.15, 0.2) is 0 Å². The molecule has 1 aliphatic heterocycles. The molecule has 0 bridgehead atoms. The molecular formula is C13H21NO2. The first-order chi connectivity index (χ1) is 7.74. The van der Waals surface area contributed by atoms with E-state index in [0.29, 0.717) is 25.5 Å². The molecule has 0 N–H and O–H groups in total. The average Bonchev–Trinajstić information content (AvgIpc) is 2.79. The Hall–Kier alpha value is -1.12. The van der Waals surface area contributed by atoms with Crippen molar-refractivity contribution in [3.8, 4) is 0 Å². The molecule has 16 heavy (non-hydrogen) atoms. The van der Waals surface area contributed by atoms with Crippen molar-refractivity contribution in [1.82, 2.24) is 0 Å². The Morgan fingerprint density at radius 3 is 2.94 bits per heavy atom. The Balaban J connectivity index is 2.25. The molecule has 0 aromatic rings. The third kappa shape index (κ3) is 4.60. The van der Waals surface area contributed by atoms with E-state index in [4.69, 9.17) is 4.74 Å². The number of hydrogen-bond acceptors (Lipinski definition) is 3. The van der Waals surface area contributed by atoms with Crippen LogP contribution in [0, 0.1) is 0 Å². The van der Waals surface area contributed by atoms with E-state index in [-0.39, 0.29) is 5.78 Å². The van der Waals surface area contributed by atoms with Gasteiger partial charge in [0, 0.05) is 6.42 Å². The lowest BCUT2D eigenvalue weighted by Gasteiger charge is -2.01. The lowest BCUT2D eigenvalue weighted by molar-refractivity contribution is -0.113. The van der Waals surface area contributed by atoms with Gasteiger partial charge in [-0.05, 0) is 19.8 Å². The number of Topliss-reactive ketones (excluding diaryl/α,β-unsaturated/α-hetero) is 1. The first-order valence-corrected chi connectivity index (χ1v) is 6.10. The Morgan fingerprint density at radius 2 is 2.31 bits per heavy atom. The molecule has 0 aromatic carbocycles. The summed E-state index contributed by atoms with van der Waals surface area (Å²) in [5, 5.41) is 0. The molecule has 0 amide bonds. The topological polar surface area (TPSA) is 38.7 Å². The smallest absolute Gasteiger partial charge is 0.253 e. The van der Waals surface area contributed by atoms with Gasteiger partial charge in [-0.3, -0.25) is 4.79 Å². The van der Waals surface area contributed by atoms with Crippen LogP contribution in [-0.2, 0) is 9.53 Å². The van der Waals surface area contributed by atoms with Crippen LogP contribution in [0.1, 0.15) is 46.0 Å². The van der Waals surface area contributed by atoms with E-state index in [1.165, 1.54) is 24.8 Å². The molecule has 1 aliphatic rings. The SMILES string of the molecule is CCCCCC(C)=CCC(=O)C1=NCCO1. The number of unbranched alkanes of at least 4 members (excludes halogenated alkanes) is 2. The van der Waals surface area contributed by atoms with Crippen LogP contribution in [0.5, 0.6) is 0 Å². The van der Waals surface area contributed by atoms with E-state index in [9.17, 15) is 4.79 Å². The standard InChI is InChI=1S/C13H21NO2/c1-3-4-5-6-11(2)7-8-12(15)13-14-9-10-16-13/h7H,3-6,8-10H2,1-2H3. The Labute approximate surface area is 97.6 Å². The number of aliphatic imine (C=N–C) groups is 1. The molecule has 1 heterocycles. The number of carbonyl (C=O) groups is 1. The van der Waals surface area contributed by atoms with Gasteiger partial charge in [-0.15, -0.1) is 0 Å². The minimum Gasteiger partial charge on any atom is -0.473 e. The Morgan fingerprint density at radius 1 is 1.50 bits per heavy atom. The molecule has 0 saturated carbocycles. The summed E-state index contributed by atoms with van der Waals surface area (Å²) in [5.41, 5.74) is 1.29. The first kappa shape index (κ1) is 12.9. The van der Waals surface area contributed by atoms with Gasteiger partial charge in [0.05, 0.1) is 6.54 Å². The molecule has 0 aromatic heterocycles. The summed E-state index contributed by atoms with van der Waals surface area (Å²) in [6.07, 6.45) is 7.23. The van der Waals surface area contributed by atoms with Crippen LogP contribution < -0.4 is 0 Å². The minimum atomic E-state index is 0.00680. The van der Waals surface area contributed by atoms with Crippen LogP contribution in [0.15, 0.2) is 16.6 Å². The predicted octanol–water partition coefficient (Wildman–Crippen LogP) is 2.90. The summed E-state index contributed by atoms with van der Waals surface area (Å²) in [6.45, 7) is 5.46. The number of ketones is 1. The molecule has 0 spiro atoms. The minimum absolute atomic E-state index is 0.00680. The molecule has 0 radical (unpaired) electrons. The molecule has 0 aliphatic carbocycles. The van der Waals surface area contributed by atoms with Gasteiger partial charge >= 0.3 is 0 Å². The van der Waals surface area contributed by atoms with Crippen molar-refractivity contribution >= 4 is 11.7 Å². The van der Waals surface area contributed by atoms with Gasteiger partial charge in [-0.2, -0.15) is 0 Å². The van der Waals surface area contributed by atoms with Crippen molar-refractivity contribution in [2.45, 2.75) is 46.0 Å². The molecule has 3 heteroatoms. The number of allylic oxidation sites excluding steroid dienone is 2. The molecule has 0 saturated heterocycles. The number of hydrogen-bond donors (Lipinski definition) is 0. The van der Waals surface area contributed by atoms with Crippen LogP contribution in [-0.4, -0.2) is 24.8 Å². The van der Waals surface area contributed by atoms with E-state index in [2.05, 4.69) is 18.8 Å². The van der Waals surface area contributed by atoms with Crippen LogP contribution in [0.2, 0.25) is 0 Å². The summed E-state index contributed by atoms with van der Waals surface area (Å²) in [7, 11) is 0. The summed E-state index contributed by atoms with van der Waals surface area (Å²) >= 11 is 0. The highest BCUT2D eigenvalue weighted by Gasteiger charge is 2.15. The van der Waals surface area contributed by atoms with Crippen molar-refractivity contribution in [3.05, 3.63) is 11.6 Å². The molecule has 90 valence electrons. The lowest BCUT2D eigenvalue weighted by atomic mass is 10.1. The largest absolute Gasteiger partial charge is 0.473 e. The highest BCUT2D eigenvalue weighted by molar-refractivity contribution is 6.36. The maximum atomic E-state index is 11.6. The normalized spacial score (nSPS) is 15.9. The highest BCUT2D eigenvalue weighted by Crippen LogP contribution is 2.09. The molecule has 3 nitrogen and oxygen atoms in total. The number of nitrogens with zero attached hydrogens (tertiary/aromatic N) is 1. The summed E-state index contributed by atoms with van der Waals surface area (Å²) in [5.74, 6) is 0.324. The Bertz CT molecular complexity index is 292. The zero-order valence-corrected chi connectivity index (χ0v) is 10.3. The maximum Gasteiger partial charge on any atom is 0.253 e. The zero-order valence-electron chi connectivity index (χ0n) is 10.3. The number of rotatable bonds is 7. The van der Waals surface area contributed by atoms with Gasteiger partial charge in [0.25, 0.3) is 5.90 Å². The first-order valence-electron chi connectivity index (χ1n) is 6.10. The Kier molecular flexibility index (Phi) is 5.83. The van der Waals surface area contributed by atoms with Crippen molar-refractivity contribution in [2.24, 2.45) is 4.99 Å². The van der Waals surface area contributed by atoms with E-state index in [0.717, 1.165) is 6.42 Å². The van der Waals surface area contributed by atoms with E-state index in [1.807, 2.05) is 6.08 Å². The van der Waals surface area contributed by atoms with Gasteiger partial charge < -0.3 is 4.74 Å². The third-order valence-corrected chi connectivity index (χ3v) is 2.63. The van der Waals surface area contributed by atoms with Crippen LogP contribution >= 0.6 is 0 Å². The molecular weight excluding hydrogens is 202 g/mol. The fourth-order valence-corrected chi connectivity index (χ4v) is 1.61. The maximum absolute atomic E-state index is 11.6. The van der Waals surface area contributed by atoms with Crippen LogP contribution in [0.25, 0.3) is 0 Å². The van der Waals surface area contributed by atoms with E-state index >= 15 is 0 Å². The van der Waals surface area contributed by atoms with Crippen molar-refractivity contribution in [3.63, 3.8) is 0 Å². The summed E-state index contributed by atoms with van der Waals surface area (Å²) < 4.78 is 5.12. The quantitative estimate of drug-likeness (QED) is 0.491. The fourth-order valence-electron chi connectivity index (χ4n) is 1.61. The molecule has 1 rings (SSSR count). The van der Waals surface area contributed by atoms with E-state index < -0.39 is 0 Å². The van der Waals surface area contributed by atoms with E-state index in [1.54, 1.807) is 0 Å². The van der Waals surface area contributed by atoms with Crippen LogP contribution in [0.3, 0.4) is 0 Å². The summed E-state index contributed by atoms with van der Waals surface area (Å²) in [4.78, 5) is 15.6. The van der Waals surface area contributed by atoms with Crippen LogP contribution in [0.4, 0.5) is 0 Å². The van der Waals surface area contributed by atoms with Gasteiger partial charge in [0.1, 0.15) is 6.61 Å². The number of ether oxygens (including phenoxy) is 1.